The Labute approximate surface area is 369 Å². The molecule has 0 aliphatic heterocycles. The molecule has 12 rings (SSSR count). The number of pyridine rings is 3. The van der Waals surface area contributed by atoms with Gasteiger partial charge in [-0.25, -0.2) is 4.98 Å². The highest BCUT2D eigenvalue weighted by atomic mass is 15.1. The molecule has 0 unspecified atom stereocenters. The number of benzene rings is 7. The first-order valence-corrected chi connectivity index (χ1v) is 21.3. The van der Waals surface area contributed by atoms with E-state index in [1.54, 1.807) is 0 Å². The van der Waals surface area contributed by atoms with Crippen molar-refractivity contribution in [2.24, 2.45) is 0 Å². The van der Waals surface area contributed by atoms with Gasteiger partial charge in [0.05, 0.1) is 57.0 Å². The van der Waals surface area contributed by atoms with Crippen molar-refractivity contribution in [2.45, 2.75) is 0 Å². The second-order valence-electron chi connectivity index (χ2n) is 16.0. The molecule has 0 aliphatic carbocycles. The van der Waals surface area contributed by atoms with Gasteiger partial charge >= 0.3 is 0 Å². The Kier molecular flexibility index (Phi) is 8.77. The summed E-state index contributed by atoms with van der Waals surface area (Å²) >= 11 is 0. The van der Waals surface area contributed by atoms with Gasteiger partial charge in [-0.3, -0.25) is 14.5 Å². The van der Waals surface area contributed by atoms with E-state index in [9.17, 15) is 5.26 Å². The fourth-order valence-electron chi connectivity index (χ4n) is 9.29. The number of nitrogens with zero attached hydrogens (tertiary/aromatic N) is 6. The normalized spacial score (nSPS) is 11.4. The molecule has 0 bridgehead atoms. The van der Waals surface area contributed by atoms with Gasteiger partial charge in [0.15, 0.2) is 0 Å². The van der Waals surface area contributed by atoms with Crippen molar-refractivity contribution < 1.29 is 0 Å². The van der Waals surface area contributed by atoms with Crippen molar-refractivity contribution in [1.82, 2.24) is 24.1 Å². The number of nitriles is 1. The molecule has 5 heterocycles. The molecular weight excluding hydrogens is 781 g/mol. The van der Waals surface area contributed by atoms with Crippen LogP contribution in [-0.2, 0) is 0 Å². The van der Waals surface area contributed by atoms with Gasteiger partial charge in [0.1, 0.15) is 5.82 Å². The molecule has 0 amide bonds. The second kappa shape index (κ2) is 15.2. The Morgan fingerprint density at radius 1 is 0.359 bits per heavy atom. The summed E-state index contributed by atoms with van der Waals surface area (Å²) < 4.78 is 4.60. The predicted molar refractivity (Wildman–Crippen MR) is 260 cm³/mol. The molecule has 7 aromatic carbocycles. The first kappa shape index (κ1) is 36.9. The minimum absolute atomic E-state index is 0.590. The number of rotatable bonds is 7. The van der Waals surface area contributed by atoms with E-state index in [0.29, 0.717) is 5.56 Å². The van der Waals surface area contributed by atoms with E-state index < -0.39 is 0 Å². The molecule has 5 aromatic heterocycles. The topological polar surface area (TPSA) is 72.3 Å². The van der Waals surface area contributed by atoms with Crippen LogP contribution in [0.3, 0.4) is 0 Å². The average Bonchev–Trinajstić information content (AvgIpc) is 3.89. The SMILES string of the molecule is N#Cc1cccc(-c2cc(-n3c4ccccc4c4ccc(-c5ccnc(-c6ccccc6)c5)cc43)ncc2-n2c3ccccc3c3ccc(-c4ccnc(-c5ccccc5)c4)cc32)c1. The van der Waals surface area contributed by atoms with Gasteiger partial charge in [0.25, 0.3) is 0 Å². The largest absolute Gasteiger partial charge is 0.307 e. The van der Waals surface area contributed by atoms with Gasteiger partial charge in [0, 0.05) is 50.6 Å². The fourth-order valence-corrected chi connectivity index (χ4v) is 9.29. The number of hydrogen-bond acceptors (Lipinski definition) is 4. The first-order valence-electron chi connectivity index (χ1n) is 21.3. The van der Waals surface area contributed by atoms with Crippen LogP contribution in [-0.4, -0.2) is 24.1 Å². The third-order valence-electron chi connectivity index (χ3n) is 12.3. The summed E-state index contributed by atoms with van der Waals surface area (Å²) in [4.78, 5) is 14.8. The third kappa shape index (κ3) is 6.22. The van der Waals surface area contributed by atoms with E-state index in [0.717, 1.165) is 111 Å². The Morgan fingerprint density at radius 2 is 0.859 bits per heavy atom. The van der Waals surface area contributed by atoms with Crippen LogP contribution in [0.1, 0.15) is 5.56 Å². The van der Waals surface area contributed by atoms with Crippen molar-refractivity contribution in [1.29, 1.82) is 5.26 Å². The molecule has 0 N–H and O–H groups in total. The Balaban J connectivity index is 1.08. The Hall–Kier alpha value is -8.92. The van der Waals surface area contributed by atoms with Crippen LogP contribution in [0.4, 0.5) is 0 Å². The van der Waals surface area contributed by atoms with Crippen molar-refractivity contribution in [3.8, 4) is 73.5 Å². The molecule has 298 valence electrons. The molecule has 64 heavy (non-hydrogen) atoms. The van der Waals surface area contributed by atoms with Crippen molar-refractivity contribution in [3.63, 3.8) is 0 Å². The van der Waals surface area contributed by atoms with E-state index in [1.165, 1.54) is 0 Å². The van der Waals surface area contributed by atoms with Gasteiger partial charge in [-0.1, -0.05) is 133 Å². The maximum atomic E-state index is 10.1. The molecule has 0 spiro atoms. The van der Waals surface area contributed by atoms with Crippen LogP contribution in [0.2, 0.25) is 0 Å². The van der Waals surface area contributed by atoms with E-state index in [-0.39, 0.29) is 0 Å². The monoisotopic (exact) mass is 816 g/mol. The average molecular weight is 817 g/mol. The summed E-state index contributed by atoms with van der Waals surface area (Å²) in [6.07, 6.45) is 5.77. The highest BCUT2D eigenvalue weighted by Gasteiger charge is 2.21. The van der Waals surface area contributed by atoms with Crippen molar-refractivity contribution in [3.05, 3.63) is 224 Å². The summed E-state index contributed by atoms with van der Waals surface area (Å²) in [7, 11) is 0. The summed E-state index contributed by atoms with van der Waals surface area (Å²) in [5.41, 5.74) is 15.9. The lowest BCUT2D eigenvalue weighted by molar-refractivity contribution is 1.06. The first-order chi connectivity index (χ1) is 31.7. The summed E-state index contributed by atoms with van der Waals surface area (Å²) in [5, 5.41) is 14.7. The van der Waals surface area contributed by atoms with Crippen LogP contribution in [0.25, 0.3) is 111 Å². The molecule has 12 aromatic rings. The van der Waals surface area contributed by atoms with Gasteiger partial charge < -0.3 is 4.57 Å². The van der Waals surface area contributed by atoms with Crippen molar-refractivity contribution >= 4 is 43.6 Å². The minimum atomic E-state index is 0.590. The smallest absolute Gasteiger partial charge is 0.138 e. The van der Waals surface area contributed by atoms with Crippen LogP contribution >= 0.6 is 0 Å². The van der Waals surface area contributed by atoms with Gasteiger partial charge in [-0.15, -0.1) is 0 Å². The quantitative estimate of drug-likeness (QED) is 0.161. The lowest BCUT2D eigenvalue weighted by Crippen LogP contribution is -2.03. The van der Waals surface area contributed by atoms with Gasteiger partial charge in [-0.05, 0) is 94.5 Å². The van der Waals surface area contributed by atoms with Gasteiger partial charge in [0.2, 0.25) is 0 Å². The third-order valence-corrected chi connectivity index (χ3v) is 12.3. The molecule has 0 saturated carbocycles. The zero-order chi connectivity index (χ0) is 42.6. The number of para-hydroxylation sites is 2. The maximum Gasteiger partial charge on any atom is 0.138 e. The molecule has 6 heteroatoms. The summed E-state index contributed by atoms with van der Waals surface area (Å²) in [5.74, 6) is 0.774. The fraction of sp³-hybridized carbons (Fsp3) is 0. The molecule has 0 atom stereocenters. The van der Waals surface area contributed by atoms with E-state index in [1.807, 2.05) is 73.2 Å². The van der Waals surface area contributed by atoms with Crippen LogP contribution in [0.15, 0.2) is 219 Å². The van der Waals surface area contributed by atoms with E-state index >= 15 is 0 Å². The maximum absolute atomic E-state index is 10.1. The lowest BCUT2D eigenvalue weighted by atomic mass is 10.0. The lowest BCUT2D eigenvalue weighted by Gasteiger charge is -2.17. The Morgan fingerprint density at radius 3 is 1.45 bits per heavy atom. The number of fused-ring (bicyclic) bond motifs is 6. The molecule has 0 aliphatic rings. The number of hydrogen-bond donors (Lipinski definition) is 0. The number of aromatic nitrogens is 5. The summed E-state index contributed by atoms with van der Waals surface area (Å²) in [6.45, 7) is 0. The van der Waals surface area contributed by atoms with Crippen LogP contribution < -0.4 is 0 Å². The molecule has 6 nitrogen and oxygen atoms in total. The van der Waals surface area contributed by atoms with Crippen LogP contribution in [0, 0.1) is 11.3 Å². The molecule has 0 saturated heterocycles. The molecular formula is C58H36N6. The van der Waals surface area contributed by atoms with Gasteiger partial charge in [-0.2, -0.15) is 5.26 Å². The Bertz CT molecular complexity index is 3800. The second-order valence-corrected chi connectivity index (χ2v) is 16.0. The summed E-state index contributed by atoms with van der Waals surface area (Å²) in [6, 6.07) is 71.9. The zero-order valence-corrected chi connectivity index (χ0v) is 34.5. The highest BCUT2D eigenvalue weighted by molar-refractivity contribution is 6.12. The highest BCUT2D eigenvalue weighted by Crippen LogP contribution is 2.41. The predicted octanol–water partition coefficient (Wildman–Crippen LogP) is 14.3. The van der Waals surface area contributed by atoms with E-state index in [2.05, 4.69) is 161 Å². The zero-order valence-electron chi connectivity index (χ0n) is 34.5. The molecule has 0 radical (unpaired) electrons. The minimum Gasteiger partial charge on any atom is -0.307 e. The van der Waals surface area contributed by atoms with Crippen LogP contribution in [0.5, 0.6) is 0 Å². The standard InChI is InChI=1S/C58H36N6/c59-36-38-12-11-17-45(30-38)50-35-58(64-54-21-10-8-19-47(54)49-25-23-42(34-56(49)64)44-27-29-61-52(32-44)40-15-5-2-6-16-40)62-37-57(50)63-53-20-9-7-18-46(53)48-24-22-41(33-55(48)63)43-26-28-60-51(31-43)39-13-3-1-4-14-39/h1-35,37H. The van der Waals surface area contributed by atoms with E-state index in [4.69, 9.17) is 15.0 Å². The molecule has 0 fully saturated rings. The van der Waals surface area contributed by atoms with Crippen molar-refractivity contribution in [2.75, 3.05) is 0 Å².